The Morgan fingerprint density at radius 1 is 1.14 bits per heavy atom. The van der Waals surface area contributed by atoms with E-state index in [2.05, 4.69) is 56.3 Å². The molecule has 1 aliphatic rings. The normalized spacial score (nSPS) is 20.7. The standard InChI is InChI=1S/C20H25N/c1-3-5-8-13-20(4-2)14-9-12-19-17(20)15-16-10-6-7-11-18(16)21-19/h6-7,9-12,15H,3-5,8,13-14H2,1-2H3. The van der Waals surface area contributed by atoms with Crippen LogP contribution in [0.4, 0.5) is 0 Å². The Hall–Kier alpha value is -1.63. The summed E-state index contributed by atoms with van der Waals surface area (Å²) < 4.78 is 0. The minimum atomic E-state index is 0.302. The monoisotopic (exact) mass is 279 g/mol. The van der Waals surface area contributed by atoms with E-state index in [1.54, 1.807) is 0 Å². The van der Waals surface area contributed by atoms with Crippen molar-refractivity contribution in [3.8, 4) is 0 Å². The highest BCUT2D eigenvalue weighted by Gasteiger charge is 2.33. The molecule has 1 atom stereocenters. The fourth-order valence-corrected chi connectivity index (χ4v) is 3.65. The van der Waals surface area contributed by atoms with Gasteiger partial charge in [0, 0.05) is 10.8 Å². The molecule has 21 heavy (non-hydrogen) atoms. The number of para-hydroxylation sites is 1. The van der Waals surface area contributed by atoms with Crippen molar-refractivity contribution in [3.63, 3.8) is 0 Å². The average Bonchev–Trinajstić information content (AvgIpc) is 2.53. The third-order valence-corrected chi connectivity index (χ3v) is 5.04. The van der Waals surface area contributed by atoms with E-state index in [1.165, 1.54) is 55.2 Å². The van der Waals surface area contributed by atoms with Gasteiger partial charge in [0.05, 0.1) is 11.2 Å². The van der Waals surface area contributed by atoms with Gasteiger partial charge in [0.25, 0.3) is 0 Å². The van der Waals surface area contributed by atoms with Gasteiger partial charge in [-0.1, -0.05) is 57.4 Å². The second-order valence-corrected chi connectivity index (χ2v) is 6.31. The molecule has 0 N–H and O–H groups in total. The van der Waals surface area contributed by atoms with Crippen molar-refractivity contribution in [2.45, 2.75) is 57.8 Å². The van der Waals surface area contributed by atoms with Crippen LogP contribution in [0.1, 0.15) is 63.6 Å². The average molecular weight is 279 g/mol. The first-order valence-corrected chi connectivity index (χ1v) is 8.36. The molecule has 1 unspecified atom stereocenters. The largest absolute Gasteiger partial charge is 0.248 e. The van der Waals surface area contributed by atoms with Gasteiger partial charge in [0.15, 0.2) is 0 Å². The quantitative estimate of drug-likeness (QED) is 0.623. The summed E-state index contributed by atoms with van der Waals surface area (Å²) in [5, 5.41) is 1.28. The Kier molecular flexibility index (Phi) is 4.10. The second kappa shape index (κ2) is 6.01. The van der Waals surface area contributed by atoms with Crippen LogP contribution in [0.3, 0.4) is 0 Å². The molecule has 0 saturated heterocycles. The molecule has 0 fully saturated rings. The smallest absolute Gasteiger partial charge is 0.0709 e. The third-order valence-electron chi connectivity index (χ3n) is 5.04. The fourth-order valence-electron chi connectivity index (χ4n) is 3.65. The number of hydrogen-bond acceptors (Lipinski definition) is 1. The van der Waals surface area contributed by atoms with E-state index in [9.17, 15) is 0 Å². The summed E-state index contributed by atoms with van der Waals surface area (Å²) in [6, 6.07) is 10.9. The van der Waals surface area contributed by atoms with Crippen molar-refractivity contribution >= 4 is 17.0 Å². The highest BCUT2D eigenvalue weighted by molar-refractivity contribution is 5.81. The minimum absolute atomic E-state index is 0.302. The molecule has 1 aromatic carbocycles. The molecule has 3 rings (SSSR count). The molecule has 1 heteroatoms. The van der Waals surface area contributed by atoms with Gasteiger partial charge in [-0.3, -0.25) is 0 Å². The molecule has 2 aromatic rings. The van der Waals surface area contributed by atoms with Crippen LogP contribution in [0.15, 0.2) is 36.4 Å². The van der Waals surface area contributed by atoms with Gasteiger partial charge in [-0.25, -0.2) is 4.98 Å². The zero-order valence-electron chi connectivity index (χ0n) is 13.2. The summed E-state index contributed by atoms with van der Waals surface area (Å²) in [7, 11) is 0. The highest BCUT2D eigenvalue weighted by atomic mass is 14.7. The number of pyridine rings is 1. The molecule has 1 nitrogen and oxygen atoms in total. The Bertz CT molecular complexity index is 656. The lowest BCUT2D eigenvalue weighted by Crippen LogP contribution is -2.28. The topological polar surface area (TPSA) is 12.9 Å². The summed E-state index contributed by atoms with van der Waals surface area (Å²) in [5.74, 6) is 0. The van der Waals surface area contributed by atoms with E-state index in [0.717, 1.165) is 5.52 Å². The molecule has 0 bridgehead atoms. The number of allylic oxidation sites excluding steroid dienone is 1. The van der Waals surface area contributed by atoms with Gasteiger partial charge >= 0.3 is 0 Å². The molecule has 0 radical (unpaired) electrons. The van der Waals surface area contributed by atoms with E-state index < -0.39 is 0 Å². The first-order valence-electron chi connectivity index (χ1n) is 8.36. The van der Waals surface area contributed by atoms with E-state index in [-0.39, 0.29) is 0 Å². The molecular formula is C20H25N. The van der Waals surface area contributed by atoms with E-state index >= 15 is 0 Å². The maximum Gasteiger partial charge on any atom is 0.0709 e. The number of unbranched alkanes of at least 4 members (excludes halogenated alkanes) is 2. The SMILES string of the molecule is CCCCCC1(CC)CC=Cc2nc3ccccc3cc21. The van der Waals surface area contributed by atoms with Crippen molar-refractivity contribution in [2.75, 3.05) is 0 Å². The number of hydrogen-bond donors (Lipinski definition) is 0. The molecule has 0 saturated carbocycles. The van der Waals surface area contributed by atoms with Crippen LogP contribution >= 0.6 is 0 Å². The fraction of sp³-hybridized carbons (Fsp3) is 0.450. The first-order chi connectivity index (χ1) is 10.3. The lowest BCUT2D eigenvalue weighted by molar-refractivity contribution is 0.362. The molecule has 1 aromatic heterocycles. The Morgan fingerprint density at radius 2 is 2.00 bits per heavy atom. The van der Waals surface area contributed by atoms with Crippen LogP contribution in [0, 0.1) is 0 Å². The predicted octanol–water partition coefficient (Wildman–Crippen LogP) is 5.88. The zero-order chi connectivity index (χ0) is 14.7. The van der Waals surface area contributed by atoms with Crippen LogP contribution in [0.25, 0.3) is 17.0 Å². The maximum absolute atomic E-state index is 4.90. The van der Waals surface area contributed by atoms with Gasteiger partial charge in [0.2, 0.25) is 0 Å². The lowest BCUT2D eigenvalue weighted by Gasteiger charge is -2.36. The molecule has 110 valence electrons. The van der Waals surface area contributed by atoms with Crippen LogP contribution in [0.2, 0.25) is 0 Å². The van der Waals surface area contributed by atoms with E-state index in [1.807, 2.05) is 0 Å². The summed E-state index contributed by atoms with van der Waals surface area (Å²) in [6.07, 6.45) is 12.2. The summed E-state index contributed by atoms with van der Waals surface area (Å²) >= 11 is 0. The van der Waals surface area contributed by atoms with Crippen molar-refractivity contribution in [1.29, 1.82) is 0 Å². The van der Waals surface area contributed by atoms with Gasteiger partial charge < -0.3 is 0 Å². The number of aromatic nitrogens is 1. The number of benzene rings is 1. The van der Waals surface area contributed by atoms with Gasteiger partial charge in [-0.15, -0.1) is 0 Å². The molecule has 0 aliphatic heterocycles. The maximum atomic E-state index is 4.90. The molecule has 1 heterocycles. The molecule has 1 aliphatic carbocycles. The third kappa shape index (κ3) is 2.62. The number of nitrogens with zero attached hydrogens (tertiary/aromatic N) is 1. The van der Waals surface area contributed by atoms with Gasteiger partial charge in [-0.2, -0.15) is 0 Å². The Balaban J connectivity index is 2.06. The molecule has 0 spiro atoms. The summed E-state index contributed by atoms with van der Waals surface area (Å²) in [5.41, 5.74) is 4.08. The number of fused-ring (bicyclic) bond motifs is 2. The van der Waals surface area contributed by atoms with E-state index in [4.69, 9.17) is 4.98 Å². The van der Waals surface area contributed by atoms with Crippen LogP contribution in [-0.4, -0.2) is 4.98 Å². The van der Waals surface area contributed by atoms with E-state index in [0.29, 0.717) is 5.41 Å². The summed E-state index contributed by atoms with van der Waals surface area (Å²) in [4.78, 5) is 4.90. The first kappa shape index (κ1) is 14.3. The van der Waals surface area contributed by atoms with Gasteiger partial charge in [0.1, 0.15) is 0 Å². The molecule has 0 amide bonds. The van der Waals surface area contributed by atoms with Crippen LogP contribution in [-0.2, 0) is 5.41 Å². The second-order valence-electron chi connectivity index (χ2n) is 6.31. The Morgan fingerprint density at radius 3 is 2.81 bits per heavy atom. The minimum Gasteiger partial charge on any atom is -0.248 e. The Labute approximate surface area is 128 Å². The highest BCUT2D eigenvalue weighted by Crippen LogP contribution is 2.42. The predicted molar refractivity (Wildman–Crippen MR) is 91.5 cm³/mol. The van der Waals surface area contributed by atoms with Gasteiger partial charge in [-0.05, 0) is 43.0 Å². The lowest BCUT2D eigenvalue weighted by atomic mass is 9.69. The van der Waals surface area contributed by atoms with Crippen molar-refractivity contribution < 1.29 is 0 Å². The zero-order valence-corrected chi connectivity index (χ0v) is 13.2. The molecular weight excluding hydrogens is 254 g/mol. The van der Waals surface area contributed by atoms with Crippen molar-refractivity contribution in [1.82, 2.24) is 4.98 Å². The number of rotatable bonds is 5. The van der Waals surface area contributed by atoms with Crippen LogP contribution < -0.4 is 0 Å². The summed E-state index contributed by atoms with van der Waals surface area (Å²) in [6.45, 7) is 4.62. The van der Waals surface area contributed by atoms with Crippen molar-refractivity contribution in [3.05, 3.63) is 47.7 Å². The van der Waals surface area contributed by atoms with Crippen LogP contribution in [0.5, 0.6) is 0 Å². The van der Waals surface area contributed by atoms with Crippen molar-refractivity contribution in [2.24, 2.45) is 0 Å².